The van der Waals surface area contributed by atoms with Gasteiger partial charge in [0.2, 0.25) is 5.95 Å². The van der Waals surface area contributed by atoms with Crippen molar-refractivity contribution in [2.24, 2.45) is 0 Å². The molecule has 1 heterocycles. The van der Waals surface area contributed by atoms with Gasteiger partial charge in [-0.05, 0) is 30.8 Å². The lowest BCUT2D eigenvalue weighted by molar-refractivity contribution is -0.118. The average molecular weight is 272 g/mol. The van der Waals surface area contributed by atoms with Gasteiger partial charge in [-0.3, -0.25) is 10.1 Å². The molecule has 2 aromatic rings. The van der Waals surface area contributed by atoms with E-state index in [2.05, 4.69) is 20.6 Å². The van der Waals surface area contributed by atoms with E-state index in [9.17, 15) is 4.79 Å². The minimum atomic E-state index is -0.296. The van der Waals surface area contributed by atoms with Gasteiger partial charge >= 0.3 is 0 Å². The molecule has 0 bridgehead atoms. The smallest absolute Gasteiger partial charge is 0.264 e. The van der Waals surface area contributed by atoms with E-state index >= 15 is 0 Å². The van der Waals surface area contributed by atoms with E-state index < -0.39 is 0 Å². The minimum absolute atomic E-state index is 0.0797. The second kappa shape index (κ2) is 7.20. The molecule has 0 unspecified atom stereocenters. The quantitative estimate of drug-likeness (QED) is 0.826. The van der Waals surface area contributed by atoms with Crippen molar-refractivity contribution in [1.29, 1.82) is 0 Å². The summed E-state index contributed by atoms with van der Waals surface area (Å²) in [5, 5.41) is 5.61. The maximum atomic E-state index is 11.6. The second-order valence-electron chi connectivity index (χ2n) is 4.08. The van der Waals surface area contributed by atoms with Gasteiger partial charge in [0.25, 0.3) is 5.91 Å². The summed E-state index contributed by atoms with van der Waals surface area (Å²) in [6.07, 6.45) is 3.12. The van der Waals surface area contributed by atoms with Crippen molar-refractivity contribution in [3.05, 3.63) is 48.3 Å². The van der Waals surface area contributed by atoms with E-state index in [0.717, 1.165) is 12.1 Å². The highest BCUT2D eigenvalue weighted by Crippen LogP contribution is 2.12. The van der Waals surface area contributed by atoms with Gasteiger partial charge < -0.3 is 10.1 Å². The molecule has 1 amide bonds. The lowest BCUT2D eigenvalue weighted by atomic mass is 10.2. The fourth-order valence-corrected chi connectivity index (χ4v) is 1.58. The van der Waals surface area contributed by atoms with Crippen molar-refractivity contribution < 1.29 is 9.53 Å². The first kappa shape index (κ1) is 14.0. The number of hydrogen-bond acceptors (Lipinski definition) is 5. The van der Waals surface area contributed by atoms with Gasteiger partial charge in [0.1, 0.15) is 5.75 Å². The number of nitrogens with zero attached hydrogens (tertiary/aromatic N) is 2. The summed E-state index contributed by atoms with van der Waals surface area (Å²) in [6.45, 7) is 0.718. The Balaban J connectivity index is 1.81. The summed E-state index contributed by atoms with van der Waals surface area (Å²) in [5.41, 5.74) is 1.15. The third-order valence-corrected chi connectivity index (χ3v) is 2.49. The molecule has 0 aliphatic rings. The fraction of sp³-hybridized carbons (Fsp3) is 0.214. The van der Waals surface area contributed by atoms with Gasteiger partial charge in [-0.15, -0.1) is 0 Å². The number of aromatic nitrogens is 2. The van der Waals surface area contributed by atoms with Crippen molar-refractivity contribution in [2.75, 3.05) is 19.0 Å². The standard InChI is InChI=1S/C14H16N4O2/c1-15-9-11-3-5-12(6-4-11)20-10-13(19)18-14-16-7-2-8-17-14/h2-8,15H,9-10H2,1H3,(H,16,17,18,19). The lowest BCUT2D eigenvalue weighted by Crippen LogP contribution is -2.21. The first-order valence-electron chi connectivity index (χ1n) is 6.21. The summed E-state index contributed by atoms with van der Waals surface area (Å²) in [5.74, 6) is 0.620. The van der Waals surface area contributed by atoms with Crippen LogP contribution in [0, 0.1) is 0 Å². The molecular weight excluding hydrogens is 256 g/mol. The summed E-state index contributed by atoms with van der Waals surface area (Å²) in [4.78, 5) is 19.4. The number of carbonyl (C=O) groups excluding carboxylic acids is 1. The third kappa shape index (κ3) is 4.33. The predicted molar refractivity (Wildman–Crippen MR) is 75.4 cm³/mol. The van der Waals surface area contributed by atoms with Gasteiger partial charge in [0.15, 0.2) is 6.61 Å². The van der Waals surface area contributed by atoms with Crippen LogP contribution < -0.4 is 15.4 Å². The Morgan fingerprint density at radius 2 is 1.90 bits per heavy atom. The number of carbonyl (C=O) groups is 1. The number of ether oxygens (including phenoxy) is 1. The molecule has 0 fully saturated rings. The largest absolute Gasteiger partial charge is 0.484 e. The van der Waals surface area contributed by atoms with Gasteiger partial charge in [0, 0.05) is 18.9 Å². The Morgan fingerprint density at radius 1 is 1.20 bits per heavy atom. The normalized spacial score (nSPS) is 10.1. The Kier molecular flexibility index (Phi) is 5.02. The van der Waals surface area contributed by atoms with Crippen LogP contribution in [0.25, 0.3) is 0 Å². The van der Waals surface area contributed by atoms with E-state index in [1.165, 1.54) is 0 Å². The molecule has 104 valence electrons. The van der Waals surface area contributed by atoms with E-state index in [1.807, 2.05) is 31.3 Å². The molecule has 0 aliphatic carbocycles. The highest BCUT2D eigenvalue weighted by atomic mass is 16.5. The number of anilines is 1. The molecule has 6 nitrogen and oxygen atoms in total. The zero-order valence-corrected chi connectivity index (χ0v) is 11.2. The van der Waals surface area contributed by atoms with Crippen molar-refractivity contribution in [3.8, 4) is 5.75 Å². The van der Waals surface area contributed by atoms with E-state index in [4.69, 9.17) is 4.74 Å². The molecule has 1 aromatic carbocycles. The summed E-state index contributed by atoms with van der Waals surface area (Å²) < 4.78 is 5.39. The van der Waals surface area contributed by atoms with E-state index in [0.29, 0.717) is 5.75 Å². The van der Waals surface area contributed by atoms with Gasteiger partial charge in [-0.25, -0.2) is 9.97 Å². The Hall–Kier alpha value is -2.47. The highest BCUT2D eigenvalue weighted by molar-refractivity contribution is 5.90. The summed E-state index contributed by atoms with van der Waals surface area (Å²) >= 11 is 0. The molecule has 0 atom stereocenters. The molecule has 0 saturated heterocycles. The first-order chi connectivity index (χ1) is 9.78. The Morgan fingerprint density at radius 3 is 2.55 bits per heavy atom. The van der Waals surface area contributed by atoms with E-state index in [1.54, 1.807) is 18.5 Å². The Labute approximate surface area is 117 Å². The van der Waals surface area contributed by atoms with Crippen LogP contribution in [0.3, 0.4) is 0 Å². The molecule has 6 heteroatoms. The fourth-order valence-electron chi connectivity index (χ4n) is 1.58. The van der Waals surface area contributed by atoms with Crippen LogP contribution in [0.1, 0.15) is 5.56 Å². The number of hydrogen-bond donors (Lipinski definition) is 2. The van der Waals surface area contributed by atoms with Gasteiger partial charge in [0.05, 0.1) is 0 Å². The van der Waals surface area contributed by atoms with E-state index in [-0.39, 0.29) is 18.5 Å². The average Bonchev–Trinajstić information content (AvgIpc) is 2.48. The molecule has 0 radical (unpaired) electrons. The van der Waals surface area contributed by atoms with Crippen LogP contribution in [0.15, 0.2) is 42.7 Å². The minimum Gasteiger partial charge on any atom is -0.484 e. The number of amides is 1. The Bertz CT molecular complexity index is 543. The summed E-state index contributed by atoms with van der Waals surface area (Å²) in [6, 6.07) is 9.24. The van der Waals surface area contributed by atoms with Gasteiger partial charge in [-0.2, -0.15) is 0 Å². The molecule has 20 heavy (non-hydrogen) atoms. The highest BCUT2D eigenvalue weighted by Gasteiger charge is 2.05. The third-order valence-electron chi connectivity index (χ3n) is 2.49. The van der Waals surface area contributed by atoms with Crippen molar-refractivity contribution in [3.63, 3.8) is 0 Å². The van der Waals surface area contributed by atoms with Crippen LogP contribution in [-0.2, 0) is 11.3 Å². The monoisotopic (exact) mass is 272 g/mol. The van der Waals surface area contributed by atoms with Crippen LogP contribution >= 0.6 is 0 Å². The predicted octanol–water partition coefficient (Wildman–Crippen LogP) is 1.21. The SMILES string of the molecule is CNCc1ccc(OCC(=O)Nc2ncccn2)cc1. The molecule has 2 N–H and O–H groups in total. The number of rotatable bonds is 6. The second-order valence-corrected chi connectivity index (χ2v) is 4.08. The topological polar surface area (TPSA) is 76.1 Å². The first-order valence-corrected chi connectivity index (χ1v) is 6.21. The van der Waals surface area contributed by atoms with Crippen LogP contribution in [0.5, 0.6) is 5.75 Å². The molecule has 0 saturated carbocycles. The zero-order valence-electron chi connectivity index (χ0n) is 11.2. The van der Waals surface area contributed by atoms with Gasteiger partial charge in [-0.1, -0.05) is 12.1 Å². The van der Waals surface area contributed by atoms with Crippen molar-refractivity contribution >= 4 is 11.9 Å². The molecule has 2 rings (SSSR count). The van der Waals surface area contributed by atoms with Crippen LogP contribution in [0.2, 0.25) is 0 Å². The van der Waals surface area contributed by atoms with Crippen LogP contribution in [-0.4, -0.2) is 29.5 Å². The van der Waals surface area contributed by atoms with Crippen LogP contribution in [0.4, 0.5) is 5.95 Å². The van der Waals surface area contributed by atoms with Crippen molar-refractivity contribution in [1.82, 2.24) is 15.3 Å². The molecule has 1 aromatic heterocycles. The maximum absolute atomic E-state index is 11.6. The van der Waals surface area contributed by atoms with Crippen molar-refractivity contribution in [2.45, 2.75) is 6.54 Å². The summed E-state index contributed by atoms with van der Waals surface area (Å²) in [7, 11) is 1.89. The molecule has 0 aliphatic heterocycles. The number of benzene rings is 1. The lowest BCUT2D eigenvalue weighted by Gasteiger charge is -2.07. The molecule has 0 spiro atoms. The zero-order chi connectivity index (χ0) is 14.2. The molecular formula is C14H16N4O2. The maximum Gasteiger partial charge on any atom is 0.264 e. The number of nitrogens with one attached hydrogen (secondary N) is 2.